The fourth-order valence-corrected chi connectivity index (χ4v) is 2.83. The number of hydrogen-bond donors (Lipinski definition) is 2. The van der Waals surface area contributed by atoms with Gasteiger partial charge in [-0.3, -0.25) is 14.2 Å². The maximum Gasteiger partial charge on any atom is 0.329 e. The van der Waals surface area contributed by atoms with Gasteiger partial charge in [0, 0.05) is 17.6 Å². The summed E-state index contributed by atoms with van der Waals surface area (Å²) >= 11 is 0. The van der Waals surface area contributed by atoms with Crippen LogP contribution in [0.4, 0.5) is 0 Å². The first-order valence-corrected chi connectivity index (χ1v) is 8.35. The second kappa shape index (κ2) is 7.03. The Morgan fingerprint density at radius 1 is 1.21 bits per heavy atom. The fraction of sp³-hybridized carbons (Fsp3) is 0.500. The van der Waals surface area contributed by atoms with E-state index in [1.165, 1.54) is 4.57 Å². The van der Waals surface area contributed by atoms with Gasteiger partial charge in [0.25, 0.3) is 11.5 Å². The highest BCUT2D eigenvalue weighted by atomic mass is 16.2. The lowest BCUT2D eigenvalue weighted by Gasteiger charge is -2.20. The van der Waals surface area contributed by atoms with E-state index < -0.39 is 5.69 Å². The second-order valence-electron chi connectivity index (χ2n) is 6.69. The molecular formula is C18H25N3O3. The highest BCUT2D eigenvalue weighted by Gasteiger charge is 2.17. The lowest BCUT2D eigenvalue weighted by atomic mass is 10.0. The van der Waals surface area contributed by atoms with Crippen molar-refractivity contribution in [2.75, 3.05) is 0 Å². The molecule has 2 aromatic rings. The zero-order chi connectivity index (χ0) is 18.0. The molecule has 0 radical (unpaired) electrons. The summed E-state index contributed by atoms with van der Waals surface area (Å²) in [6.07, 6.45) is 0.840. The maximum atomic E-state index is 12.4. The molecule has 6 heteroatoms. The Morgan fingerprint density at radius 3 is 2.42 bits per heavy atom. The molecule has 2 rings (SSSR count). The number of aromatic amines is 1. The molecule has 0 fully saturated rings. The third kappa shape index (κ3) is 3.42. The van der Waals surface area contributed by atoms with E-state index in [1.54, 1.807) is 32.0 Å². The van der Waals surface area contributed by atoms with Crippen molar-refractivity contribution in [2.24, 2.45) is 5.92 Å². The van der Waals surface area contributed by atoms with Gasteiger partial charge in [-0.05, 0) is 44.4 Å². The van der Waals surface area contributed by atoms with E-state index in [9.17, 15) is 14.4 Å². The summed E-state index contributed by atoms with van der Waals surface area (Å²) in [6.45, 7) is 9.70. The van der Waals surface area contributed by atoms with Crippen molar-refractivity contribution >= 4 is 16.8 Å². The molecule has 0 bridgehead atoms. The summed E-state index contributed by atoms with van der Waals surface area (Å²) in [5.41, 5.74) is 0.00379. The van der Waals surface area contributed by atoms with E-state index in [1.807, 2.05) is 6.92 Å². The Labute approximate surface area is 140 Å². The minimum atomic E-state index is -0.464. The number of carbonyl (C=O) groups excluding carboxylic acids is 1. The Morgan fingerprint density at radius 2 is 1.88 bits per heavy atom. The average Bonchev–Trinajstić information content (AvgIpc) is 2.50. The maximum absolute atomic E-state index is 12.4. The molecule has 130 valence electrons. The second-order valence-corrected chi connectivity index (χ2v) is 6.69. The van der Waals surface area contributed by atoms with Crippen LogP contribution in [0, 0.1) is 5.92 Å². The molecule has 0 aliphatic rings. The van der Waals surface area contributed by atoms with Crippen LogP contribution in [0.1, 0.15) is 57.4 Å². The van der Waals surface area contributed by atoms with Crippen LogP contribution in [0.25, 0.3) is 10.9 Å². The van der Waals surface area contributed by atoms with E-state index in [-0.39, 0.29) is 23.6 Å². The highest BCUT2D eigenvalue weighted by Crippen LogP contribution is 2.12. The van der Waals surface area contributed by atoms with E-state index in [2.05, 4.69) is 24.1 Å². The van der Waals surface area contributed by atoms with Crippen molar-refractivity contribution in [3.8, 4) is 0 Å². The first-order valence-electron chi connectivity index (χ1n) is 8.35. The van der Waals surface area contributed by atoms with Gasteiger partial charge in [0.2, 0.25) is 0 Å². The van der Waals surface area contributed by atoms with Crippen LogP contribution in [0.2, 0.25) is 0 Å². The van der Waals surface area contributed by atoms with Gasteiger partial charge in [0.1, 0.15) is 0 Å². The number of rotatable bonds is 5. The molecule has 0 aliphatic carbocycles. The lowest BCUT2D eigenvalue weighted by molar-refractivity contribution is 0.0924. The summed E-state index contributed by atoms with van der Waals surface area (Å²) in [4.78, 5) is 39.6. The van der Waals surface area contributed by atoms with Crippen molar-refractivity contribution in [1.29, 1.82) is 0 Å². The Balaban J connectivity index is 2.46. The summed E-state index contributed by atoms with van der Waals surface area (Å²) in [5.74, 6) is 0.129. The van der Waals surface area contributed by atoms with E-state index in [0.29, 0.717) is 22.4 Å². The first kappa shape index (κ1) is 18.0. The number of benzene rings is 1. The number of hydrogen-bond acceptors (Lipinski definition) is 3. The van der Waals surface area contributed by atoms with Crippen LogP contribution in [0.15, 0.2) is 27.8 Å². The fourth-order valence-electron chi connectivity index (χ4n) is 2.83. The number of amides is 1. The van der Waals surface area contributed by atoms with E-state index in [0.717, 1.165) is 6.42 Å². The first-order chi connectivity index (χ1) is 11.3. The van der Waals surface area contributed by atoms with Gasteiger partial charge >= 0.3 is 5.69 Å². The van der Waals surface area contributed by atoms with Crippen molar-refractivity contribution in [3.63, 3.8) is 0 Å². The summed E-state index contributed by atoms with van der Waals surface area (Å²) in [5, 5.41) is 3.39. The van der Waals surface area contributed by atoms with Crippen LogP contribution in [-0.2, 0) is 0 Å². The lowest BCUT2D eigenvalue weighted by Crippen LogP contribution is -2.38. The Bertz CT molecular complexity index is 862. The molecule has 1 aromatic carbocycles. The van der Waals surface area contributed by atoms with Crippen LogP contribution < -0.4 is 16.6 Å². The molecule has 24 heavy (non-hydrogen) atoms. The third-order valence-electron chi connectivity index (χ3n) is 4.27. The SMILES string of the molecule is CC[C@H](NC(=O)c1ccc2c(=O)n(C(C)C)c(=O)[nH]c2c1)C(C)C. The predicted molar refractivity (Wildman–Crippen MR) is 95.6 cm³/mol. The molecule has 6 nitrogen and oxygen atoms in total. The van der Waals surface area contributed by atoms with E-state index in [4.69, 9.17) is 0 Å². The molecule has 0 unspecified atom stereocenters. The minimum absolute atomic E-state index is 0.0844. The van der Waals surface area contributed by atoms with Gasteiger partial charge in [-0.1, -0.05) is 20.8 Å². The van der Waals surface area contributed by atoms with Gasteiger partial charge in [0.05, 0.1) is 10.9 Å². The number of carbonyl (C=O) groups is 1. The quantitative estimate of drug-likeness (QED) is 0.882. The van der Waals surface area contributed by atoms with Crippen molar-refractivity contribution in [3.05, 3.63) is 44.6 Å². The Hall–Kier alpha value is -2.37. The molecule has 1 heterocycles. The monoisotopic (exact) mass is 331 g/mol. The van der Waals surface area contributed by atoms with Crippen molar-refractivity contribution in [1.82, 2.24) is 14.9 Å². The van der Waals surface area contributed by atoms with Crippen LogP contribution in [0.3, 0.4) is 0 Å². The molecule has 2 N–H and O–H groups in total. The number of H-pyrrole nitrogens is 1. The van der Waals surface area contributed by atoms with Gasteiger partial charge in [0.15, 0.2) is 0 Å². The minimum Gasteiger partial charge on any atom is -0.349 e. The molecular weight excluding hydrogens is 306 g/mol. The molecule has 0 aliphatic heterocycles. The highest BCUT2D eigenvalue weighted by molar-refractivity contribution is 5.97. The van der Waals surface area contributed by atoms with Crippen molar-refractivity contribution < 1.29 is 4.79 Å². The predicted octanol–water partition coefficient (Wildman–Crippen LogP) is 2.44. The normalized spacial score (nSPS) is 12.8. The molecule has 1 atom stereocenters. The smallest absolute Gasteiger partial charge is 0.329 e. The molecule has 0 spiro atoms. The number of aromatic nitrogens is 2. The molecule has 1 aromatic heterocycles. The largest absolute Gasteiger partial charge is 0.349 e. The summed E-state index contributed by atoms with van der Waals surface area (Å²) in [6, 6.07) is 4.63. The third-order valence-corrected chi connectivity index (χ3v) is 4.27. The molecule has 0 saturated heterocycles. The number of fused-ring (bicyclic) bond motifs is 1. The number of nitrogens with one attached hydrogen (secondary N) is 2. The van der Waals surface area contributed by atoms with Gasteiger partial charge in [-0.25, -0.2) is 4.79 Å². The molecule has 1 amide bonds. The van der Waals surface area contributed by atoms with E-state index >= 15 is 0 Å². The van der Waals surface area contributed by atoms with Crippen LogP contribution in [0.5, 0.6) is 0 Å². The zero-order valence-corrected chi connectivity index (χ0v) is 14.8. The standard InChI is InChI=1S/C18H25N3O3/c1-6-14(10(2)3)19-16(22)12-7-8-13-15(9-12)20-18(24)21(11(4)5)17(13)23/h7-11,14H,6H2,1-5H3,(H,19,22)(H,20,24)/t14-/m0/s1. The summed E-state index contributed by atoms with van der Waals surface area (Å²) in [7, 11) is 0. The van der Waals surface area contributed by atoms with Gasteiger partial charge in [-0.2, -0.15) is 0 Å². The number of nitrogens with zero attached hydrogens (tertiary/aromatic N) is 1. The average molecular weight is 331 g/mol. The topological polar surface area (TPSA) is 84.0 Å². The van der Waals surface area contributed by atoms with Gasteiger partial charge < -0.3 is 10.3 Å². The zero-order valence-electron chi connectivity index (χ0n) is 14.8. The summed E-state index contributed by atoms with van der Waals surface area (Å²) < 4.78 is 1.17. The Kier molecular flexibility index (Phi) is 5.26. The van der Waals surface area contributed by atoms with Crippen LogP contribution >= 0.6 is 0 Å². The van der Waals surface area contributed by atoms with Crippen LogP contribution in [-0.4, -0.2) is 21.5 Å². The molecule has 0 saturated carbocycles. The van der Waals surface area contributed by atoms with Crippen molar-refractivity contribution in [2.45, 2.75) is 53.1 Å². The van der Waals surface area contributed by atoms with Gasteiger partial charge in [-0.15, -0.1) is 0 Å².